The average molecular weight is 219 g/mol. The number of nitrogens with two attached hydrogens (primary N) is 1. The summed E-state index contributed by atoms with van der Waals surface area (Å²) in [6.07, 6.45) is 1.67. The highest BCUT2D eigenvalue weighted by molar-refractivity contribution is 5.93. The number of hydrogen-bond donors (Lipinski definition) is 2. The molecule has 0 saturated carbocycles. The molecular formula is C10H9N3O3+. The van der Waals surface area contributed by atoms with E-state index in [9.17, 15) is 9.70 Å². The van der Waals surface area contributed by atoms with Crippen molar-refractivity contribution in [3.8, 4) is 0 Å². The summed E-state index contributed by atoms with van der Waals surface area (Å²) in [6.45, 7) is 0.167. The standard InChI is InChI=1S/C10H8N3O3/c11-10(14)8-3-1-2-7(6-8)9-4-5-16-13(15)12-9/h1,3-4,6H,5H2,(H2-,11,12,14,15)/p+1. The maximum absolute atomic E-state index is 11.0. The van der Waals surface area contributed by atoms with E-state index >= 15 is 0 Å². The number of benzene rings is 1. The van der Waals surface area contributed by atoms with Crippen molar-refractivity contribution in [3.05, 3.63) is 46.4 Å². The minimum absolute atomic E-state index is 0.167. The summed E-state index contributed by atoms with van der Waals surface area (Å²) in [4.78, 5) is 26.5. The summed E-state index contributed by atoms with van der Waals surface area (Å²) in [7, 11) is 0. The number of hydrogen-bond acceptors (Lipinski definition) is 3. The van der Waals surface area contributed by atoms with Crippen molar-refractivity contribution in [3.63, 3.8) is 0 Å². The van der Waals surface area contributed by atoms with Crippen LogP contribution in [-0.2, 0) is 4.84 Å². The molecule has 1 aliphatic rings. The van der Waals surface area contributed by atoms with Crippen LogP contribution in [-0.4, -0.2) is 17.5 Å². The summed E-state index contributed by atoms with van der Waals surface area (Å²) in [5, 5.41) is 0.250. The highest BCUT2D eigenvalue weighted by Gasteiger charge is 2.19. The summed E-state index contributed by atoms with van der Waals surface area (Å²) in [6, 6.07) is 7.58. The fourth-order valence-corrected chi connectivity index (χ4v) is 1.31. The van der Waals surface area contributed by atoms with Gasteiger partial charge in [-0.1, -0.05) is 11.5 Å². The molecule has 16 heavy (non-hydrogen) atoms. The zero-order chi connectivity index (χ0) is 11.5. The van der Waals surface area contributed by atoms with E-state index in [4.69, 9.17) is 5.73 Å². The molecule has 0 fully saturated rings. The third kappa shape index (κ3) is 2.00. The first-order valence-electron chi connectivity index (χ1n) is 4.56. The topological polar surface area (TPSA) is 84.4 Å². The predicted molar refractivity (Wildman–Crippen MR) is 54.5 cm³/mol. The molecule has 0 saturated heterocycles. The molecular weight excluding hydrogens is 210 g/mol. The third-order valence-corrected chi connectivity index (χ3v) is 2.07. The Morgan fingerprint density at radius 3 is 3.12 bits per heavy atom. The van der Waals surface area contributed by atoms with Gasteiger partial charge in [-0.05, 0) is 24.3 Å². The molecule has 1 amide bonds. The zero-order valence-corrected chi connectivity index (χ0v) is 8.27. The quantitative estimate of drug-likeness (QED) is 0.741. The van der Waals surface area contributed by atoms with Crippen LogP contribution in [0.3, 0.4) is 0 Å². The lowest BCUT2D eigenvalue weighted by Gasteiger charge is -2.07. The van der Waals surface area contributed by atoms with E-state index < -0.39 is 5.91 Å². The monoisotopic (exact) mass is 219 g/mol. The van der Waals surface area contributed by atoms with Crippen LogP contribution in [0.2, 0.25) is 0 Å². The number of nitrogens with zero attached hydrogens (tertiary/aromatic N) is 1. The molecule has 1 aromatic carbocycles. The Bertz CT molecular complexity index is 482. The van der Waals surface area contributed by atoms with E-state index in [-0.39, 0.29) is 11.6 Å². The SMILES string of the molecule is NC(=O)c1cc[c]c(C2=CCO[N+](=O)N2)c1. The second-order valence-electron chi connectivity index (χ2n) is 3.14. The first kappa shape index (κ1) is 10.2. The van der Waals surface area contributed by atoms with Gasteiger partial charge in [0, 0.05) is 11.1 Å². The minimum Gasteiger partial charge on any atom is -0.366 e. The lowest BCUT2D eigenvalue weighted by molar-refractivity contribution is -0.836. The lowest BCUT2D eigenvalue weighted by Crippen LogP contribution is -2.30. The summed E-state index contributed by atoms with van der Waals surface area (Å²) < 4.78 is 0. The first-order valence-corrected chi connectivity index (χ1v) is 4.56. The van der Waals surface area contributed by atoms with Crippen molar-refractivity contribution >= 4 is 11.6 Å². The molecule has 0 bridgehead atoms. The second-order valence-corrected chi connectivity index (χ2v) is 3.14. The van der Waals surface area contributed by atoms with Crippen LogP contribution in [0.1, 0.15) is 15.9 Å². The van der Waals surface area contributed by atoms with Crippen molar-refractivity contribution in [2.24, 2.45) is 5.73 Å². The van der Waals surface area contributed by atoms with E-state index in [1.807, 2.05) is 0 Å². The van der Waals surface area contributed by atoms with Crippen LogP contribution >= 0.6 is 0 Å². The Morgan fingerprint density at radius 1 is 1.62 bits per heavy atom. The van der Waals surface area contributed by atoms with E-state index in [0.717, 1.165) is 0 Å². The van der Waals surface area contributed by atoms with Gasteiger partial charge in [0.25, 0.3) is 0 Å². The van der Waals surface area contributed by atoms with Crippen molar-refractivity contribution in [1.29, 1.82) is 0 Å². The van der Waals surface area contributed by atoms with Crippen LogP contribution in [0, 0.1) is 11.0 Å². The van der Waals surface area contributed by atoms with Crippen molar-refractivity contribution < 1.29 is 14.7 Å². The highest BCUT2D eigenvalue weighted by Crippen LogP contribution is 2.14. The fraction of sp³-hybridized carbons (Fsp3) is 0.100. The van der Waals surface area contributed by atoms with Crippen LogP contribution < -0.4 is 11.2 Å². The van der Waals surface area contributed by atoms with Gasteiger partial charge < -0.3 is 5.73 Å². The van der Waals surface area contributed by atoms with Gasteiger partial charge in [0.05, 0.1) is 0 Å². The molecule has 0 unspecified atom stereocenters. The van der Waals surface area contributed by atoms with Crippen LogP contribution in [0.5, 0.6) is 0 Å². The summed E-state index contributed by atoms with van der Waals surface area (Å²) >= 11 is 0. The summed E-state index contributed by atoms with van der Waals surface area (Å²) in [5.41, 5.74) is 9.06. The van der Waals surface area contributed by atoms with E-state index in [2.05, 4.69) is 16.3 Å². The van der Waals surface area contributed by atoms with E-state index in [0.29, 0.717) is 16.8 Å². The Balaban J connectivity index is 2.33. The van der Waals surface area contributed by atoms with Crippen LogP contribution in [0.25, 0.3) is 5.70 Å². The molecule has 6 heteroatoms. The highest BCUT2D eigenvalue weighted by atomic mass is 16.8. The number of nitrogens with one attached hydrogen (secondary N) is 1. The van der Waals surface area contributed by atoms with Crippen molar-refractivity contribution in [2.45, 2.75) is 0 Å². The molecule has 0 spiro atoms. The van der Waals surface area contributed by atoms with Gasteiger partial charge in [-0.15, -0.1) is 0 Å². The Kier molecular flexibility index (Phi) is 2.55. The van der Waals surface area contributed by atoms with Crippen molar-refractivity contribution in [1.82, 2.24) is 5.43 Å². The normalized spacial score (nSPS) is 14.8. The van der Waals surface area contributed by atoms with Crippen LogP contribution in [0.15, 0.2) is 24.3 Å². The minimum atomic E-state index is -0.526. The number of hydrazine groups is 1. The maximum atomic E-state index is 11.0. The third-order valence-electron chi connectivity index (χ3n) is 2.07. The van der Waals surface area contributed by atoms with E-state index in [1.54, 1.807) is 24.3 Å². The Labute approximate surface area is 91.2 Å². The predicted octanol–water partition coefficient (Wildman–Crippen LogP) is 0.155. The molecule has 81 valence electrons. The Morgan fingerprint density at radius 2 is 2.44 bits per heavy atom. The van der Waals surface area contributed by atoms with Crippen LogP contribution in [0.4, 0.5) is 0 Å². The summed E-state index contributed by atoms with van der Waals surface area (Å²) in [5.74, 6) is -0.526. The molecule has 1 heterocycles. The largest absolute Gasteiger partial charge is 0.366 e. The second kappa shape index (κ2) is 4.01. The van der Waals surface area contributed by atoms with Crippen molar-refractivity contribution in [2.75, 3.05) is 6.61 Å². The van der Waals surface area contributed by atoms with Gasteiger partial charge in [0.15, 0.2) is 6.61 Å². The molecule has 1 radical (unpaired) electrons. The maximum Gasteiger partial charge on any atom is 0.362 e. The number of carbonyl (C=O) groups is 1. The van der Waals surface area contributed by atoms with Gasteiger partial charge >= 0.3 is 5.03 Å². The molecule has 1 aliphatic heterocycles. The lowest BCUT2D eigenvalue weighted by atomic mass is 10.1. The first-order chi connectivity index (χ1) is 7.66. The molecule has 0 aliphatic carbocycles. The van der Waals surface area contributed by atoms with Gasteiger partial charge in [-0.25, -0.2) is 4.84 Å². The van der Waals surface area contributed by atoms with Gasteiger partial charge in [0.2, 0.25) is 5.91 Å². The van der Waals surface area contributed by atoms with Gasteiger partial charge in [0.1, 0.15) is 10.6 Å². The van der Waals surface area contributed by atoms with E-state index in [1.165, 1.54) is 0 Å². The molecule has 0 aromatic heterocycles. The smallest absolute Gasteiger partial charge is 0.362 e. The average Bonchev–Trinajstić information content (AvgIpc) is 2.29. The fourth-order valence-electron chi connectivity index (χ4n) is 1.31. The number of amides is 1. The molecule has 6 nitrogen and oxygen atoms in total. The zero-order valence-electron chi connectivity index (χ0n) is 8.27. The van der Waals surface area contributed by atoms with Gasteiger partial charge in [-0.3, -0.25) is 4.79 Å². The number of primary amides is 1. The Hall–Kier alpha value is -2.37. The molecule has 3 N–H and O–H groups in total. The molecule has 2 rings (SSSR count). The molecule has 0 atom stereocenters. The number of carbonyl (C=O) groups excluding carboxylic acids is 1. The van der Waals surface area contributed by atoms with Gasteiger partial charge in [-0.2, -0.15) is 0 Å². The molecule has 1 aromatic rings. The number of rotatable bonds is 2.